The lowest BCUT2D eigenvalue weighted by atomic mass is 10.2. The highest BCUT2D eigenvalue weighted by Crippen LogP contribution is 2.15. The van der Waals surface area contributed by atoms with E-state index in [-0.39, 0.29) is 0 Å². The molecule has 0 saturated heterocycles. The summed E-state index contributed by atoms with van der Waals surface area (Å²) in [6, 6.07) is -1.47. The lowest BCUT2D eigenvalue weighted by Crippen LogP contribution is -2.43. The summed E-state index contributed by atoms with van der Waals surface area (Å²) in [5.41, 5.74) is 0. The molecule has 1 aromatic rings. The maximum atomic E-state index is 11.6. The largest absolute Gasteiger partial charge is 0.480 e. The molecule has 1 atom stereocenters. The van der Waals surface area contributed by atoms with Crippen LogP contribution < -0.4 is 10.6 Å². The van der Waals surface area contributed by atoms with Gasteiger partial charge in [-0.3, -0.25) is 5.32 Å². The van der Waals surface area contributed by atoms with Crippen molar-refractivity contribution in [3.05, 3.63) is 5.01 Å². The molecule has 0 bridgehead atoms. The summed E-state index contributed by atoms with van der Waals surface area (Å²) < 4.78 is 0. The van der Waals surface area contributed by atoms with Crippen molar-refractivity contribution in [2.24, 2.45) is 0 Å². The molecular formula is C10H16N4O3S2. The fourth-order valence-corrected chi connectivity index (χ4v) is 2.38. The number of carboxylic acid groups (broad SMARTS) is 1. The number of aryl methyl sites for hydroxylation is 1. The van der Waals surface area contributed by atoms with Gasteiger partial charge in [-0.1, -0.05) is 18.3 Å². The zero-order valence-electron chi connectivity index (χ0n) is 10.7. The molecule has 0 saturated carbocycles. The smallest absolute Gasteiger partial charge is 0.326 e. The number of hydrogen-bond acceptors (Lipinski definition) is 6. The number of anilines is 1. The second kappa shape index (κ2) is 7.95. The van der Waals surface area contributed by atoms with Gasteiger partial charge in [0.2, 0.25) is 5.13 Å². The maximum absolute atomic E-state index is 11.6. The van der Waals surface area contributed by atoms with Gasteiger partial charge in [-0.15, -0.1) is 10.2 Å². The number of carbonyl (C=O) groups is 2. The van der Waals surface area contributed by atoms with E-state index in [1.165, 1.54) is 23.1 Å². The van der Waals surface area contributed by atoms with Crippen molar-refractivity contribution in [3.8, 4) is 0 Å². The number of rotatable bonds is 7. The second-order valence-electron chi connectivity index (χ2n) is 3.63. The predicted octanol–water partition coefficient (Wildman–Crippen LogP) is 1.43. The molecule has 0 aliphatic heterocycles. The molecule has 0 aliphatic rings. The van der Waals surface area contributed by atoms with Gasteiger partial charge in [0.1, 0.15) is 11.0 Å². The van der Waals surface area contributed by atoms with Crippen LogP contribution in [-0.2, 0) is 11.2 Å². The topological polar surface area (TPSA) is 104 Å². The third-order valence-corrected chi connectivity index (χ3v) is 3.83. The number of carbonyl (C=O) groups excluding carboxylic acids is 1. The van der Waals surface area contributed by atoms with Crippen LogP contribution in [0.1, 0.15) is 18.4 Å². The van der Waals surface area contributed by atoms with Crippen LogP contribution in [0.25, 0.3) is 0 Å². The molecule has 3 N–H and O–H groups in total. The average molecular weight is 304 g/mol. The van der Waals surface area contributed by atoms with Crippen LogP contribution in [0.2, 0.25) is 0 Å². The minimum Gasteiger partial charge on any atom is -0.480 e. The SMILES string of the molecule is CCc1nnc(NC(=O)NC(CCSC)C(=O)O)s1. The standard InChI is InChI=1S/C10H16N4O3S2/c1-3-7-13-14-10(19-7)12-9(17)11-6(8(15)16)4-5-18-2/h6H,3-5H2,1-2H3,(H,15,16)(H2,11,12,14,17). The molecule has 19 heavy (non-hydrogen) atoms. The number of thioether (sulfide) groups is 1. The van der Waals surface area contributed by atoms with Crippen LogP contribution in [0.15, 0.2) is 0 Å². The van der Waals surface area contributed by atoms with Gasteiger partial charge < -0.3 is 10.4 Å². The van der Waals surface area contributed by atoms with Gasteiger partial charge in [-0.25, -0.2) is 9.59 Å². The molecule has 9 heteroatoms. The quantitative estimate of drug-likeness (QED) is 0.704. The third-order valence-electron chi connectivity index (χ3n) is 2.20. The van der Waals surface area contributed by atoms with Crippen molar-refractivity contribution in [1.29, 1.82) is 0 Å². The molecular weight excluding hydrogens is 288 g/mol. The Kier molecular flexibility index (Phi) is 6.57. The minimum atomic E-state index is -1.05. The van der Waals surface area contributed by atoms with Crippen molar-refractivity contribution in [3.63, 3.8) is 0 Å². The van der Waals surface area contributed by atoms with Crippen LogP contribution in [0.5, 0.6) is 0 Å². The van der Waals surface area contributed by atoms with Gasteiger partial charge in [0, 0.05) is 0 Å². The molecule has 0 radical (unpaired) electrons. The number of amides is 2. The van der Waals surface area contributed by atoms with Gasteiger partial charge >= 0.3 is 12.0 Å². The van der Waals surface area contributed by atoms with Gasteiger partial charge in [0.15, 0.2) is 0 Å². The lowest BCUT2D eigenvalue weighted by Gasteiger charge is -2.13. The number of aliphatic carboxylic acids is 1. The summed E-state index contributed by atoms with van der Waals surface area (Å²) >= 11 is 2.80. The predicted molar refractivity (Wildman–Crippen MR) is 75.9 cm³/mol. The number of urea groups is 1. The van der Waals surface area contributed by atoms with Crippen molar-refractivity contribution in [2.75, 3.05) is 17.3 Å². The normalized spacial score (nSPS) is 11.9. The zero-order chi connectivity index (χ0) is 14.3. The Morgan fingerprint density at radius 1 is 1.47 bits per heavy atom. The molecule has 1 unspecified atom stereocenters. The van der Waals surface area contributed by atoms with E-state index in [0.717, 1.165) is 11.4 Å². The van der Waals surface area contributed by atoms with E-state index in [1.54, 1.807) is 0 Å². The summed E-state index contributed by atoms with van der Waals surface area (Å²) in [6.07, 6.45) is 3.00. The minimum absolute atomic E-state index is 0.364. The monoisotopic (exact) mass is 304 g/mol. The molecule has 0 aromatic carbocycles. The van der Waals surface area contributed by atoms with E-state index in [9.17, 15) is 9.59 Å². The van der Waals surface area contributed by atoms with E-state index >= 15 is 0 Å². The molecule has 1 heterocycles. The van der Waals surface area contributed by atoms with Gasteiger partial charge in [0.25, 0.3) is 0 Å². The van der Waals surface area contributed by atoms with Crippen molar-refractivity contribution >= 4 is 40.2 Å². The number of hydrogen-bond donors (Lipinski definition) is 3. The summed E-state index contributed by atoms with van der Waals surface area (Å²) in [5, 5.41) is 22.7. The molecule has 0 fully saturated rings. The van der Waals surface area contributed by atoms with Crippen molar-refractivity contribution in [1.82, 2.24) is 15.5 Å². The first-order valence-electron chi connectivity index (χ1n) is 5.68. The summed E-state index contributed by atoms with van der Waals surface area (Å²) in [6.45, 7) is 1.94. The Bertz CT molecular complexity index is 438. The molecule has 1 aromatic heterocycles. The van der Waals surface area contributed by atoms with E-state index in [0.29, 0.717) is 17.3 Å². The van der Waals surface area contributed by atoms with Crippen LogP contribution in [0.4, 0.5) is 9.93 Å². The number of nitrogens with zero attached hydrogens (tertiary/aromatic N) is 2. The Hall–Kier alpha value is -1.35. The zero-order valence-corrected chi connectivity index (χ0v) is 12.3. The molecule has 0 spiro atoms. The van der Waals surface area contributed by atoms with Crippen LogP contribution >= 0.6 is 23.1 Å². The Balaban J connectivity index is 2.49. The van der Waals surface area contributed by atoms with E-state index in [2.05, 4.69) is 20.8 Å². The number of aromatic nitrogens is 2. The lowest BCUT2D eigenvalue weighted by molar-refractivity contribution is -0.139. The summed E-state index contributed by atoms with van der Waals surface area (Å²) in [5.74, 6) is -0.383. The molecule has 0 aliphatic carbocycles. The van der Waals surface area contributed by atoms with Crippen molar-refractivity contribution in [2.45, 2.75) is 25.8 Å². The fourth-order valence-electron chi connectivity index (χ4n) is 1.23. The molecule has 106 valence electrons. The Morgan fingerprint density at radius 3 is 2.74 bits per heavy atom. The van der Waals surface area contributed by atoms with Crippen LogP contribution in [-0.4, -0.2) is 45.4 Å². The molecule has 2 amide bonds. The van der Waals surface area contributed by atoms with Crippen LogP contribution in [0, 0.1) is 0 Å². The highest BCUT2D eigenvalue weighted by molar-refractivity contribution is 7.98. The van der Waals surface area contributed by atoms with Crippen LogP contribution in [0.3, 0.4) is 0 Å². The first-order chi connectivity index (χ1) is 9.06. The highest BCUT2D eigenvalue weighted by atomic mass is 32.2. The maximum Gasteiger partial charge on any atom is 0.326 e. The van der Waals surface area contributed by atoms with E-state index in [4.69, 9.17) is 5.11 Å². The average Bonchev–Trinajstić information content (AvgIpc) is 2.81. The summed E-state index contributed by atoms with van der Waals surface area (Å²) in [7, 11) is 0. The second-order valence-corrected chi connectivity index (χ2v) is 5.67. The fraction of sp³-hybridized carbons (Fsp3) is 0.600. The first kappa shape index (κ1) is 15.7. The molecule has 1 rings (SSSR count). The molecule has 7 nitrogen and oxygen atoms in total. The summed E-state index contributed by atoms with van der Waals surface area (Å²) in [4.78, 5) is 22.6. The van der Waals surface area contributed by atoms with Gasteiger partial charge in [-0.2, -0.15) is 11.8 Å². The highest BCUT2D eigenvalue weighted by Gasteiger charge is 2.19. The third kappa shape index (κ3) is 5.43. The van der Waals surface area contributed by atoms with E-state index in [1.807, 2.05) is 13.2 Å². The Labute approximate surface area is 119 Å². The van der Waals surface area contributed by atoms with E-state index < -0.39 is 18.0 Å². The van der Waals surface area contributed by atoms with Crippen molar-refractivity contribution < 1.29 is 14.7 Å². The number of carboxylic acids is 1. The Morgan fingerprint density at radius 2 is 2.21 bits per heavy atom. The van der Waals surface area contributed by atoms with Gasteiger partial charge in [-0.05, 0) is 24.9 Å². The van der Waals surface area contributed by atoms with Gasteiger partial charge in [0.05, 0.1) is 0 Å². The first-order valence-corrected chi connectivity index (χ1v) is 7.89. The number of nitrogens with one attached hydrogen (secondary N) is 2.